The number of nitrogens with one attached hydrogen (secondary N) is 1. The van der Waals surface area contributed by atoms with Crippen LogP contribution in [0.3, 0.4) is 0 Å². The van der Waals surface area contributed by atoms with E-state index in [1.165, 1.54) is 15.4 Å². The van der Waals surface area contributed by atoms with Crippen LogP contribution in [0.2, 0.25) is 0 Å². The Kier molecular flexibility index (Phi) is 7.38. The van der Waals surface area contributed by atoms with E-state index < -0.39 is 10.0 Å². The van der Waals surface area contributed by atoms with Gasteiger partial charge in [-0.25, -0.2) is 8.42 Å². The van der Waals surface area contributed by atoms with Crippen molar-refractivity contribution in [2.75, 3.05) is 20.2 Å². The van der Waals surface area contributed by atoms with Crippen LogP contribution in [0.1, 0.15) is 48.9 Å². The highest BCUT2D eigenvalue weighted by molar-refractivity contribution is 7.89. The van der Waals surface area contributed by atoms with Crippen molar-refractivity contribution in [1.29, 1.82) is 0 Å². The van der Waals surface area contributed by atoms with Crippen LogP contribution < -0.4 is 10.1 Å². The summed E-state index contributed by atoms with van der Waals surface area (Å²) in [6, 6.07) is 12.7. The first-order chi connectivity index (χ1) is 14.8. The summed E-state index contributed by atoms with van der Waals surface area (Å²) in [5.74, 6) is 0.443. The van der Waals surface area contributed by atoms with Crippen molar-refractivity contribution in [3.05, 3.63) is 59.2 Å². The molecule has 1 aliphatic heterocycles. The van der Waals surface area contributed by atoms with Crippen molar-refractivity contribution in [3.8, 4) is 5.75 Å². The number of benzene rings is 2. The second-order valence-electron chi connectivity index (χ2n) is 8.17. The minimum absolute atomic E-state index is 0.00609. The molecule has 1 atom stereocenters. The van der Waals surface area contributed by atoms with Gasteiger partial charge >= 0.3 is 0 Å². The molecule has 31 heavy (non-hydrogen) atoms. The fraction of sp³-hybridized carbons (Fsp3) is 0.458. The smallest absolute Gasteiger partial charge is 0.243 e. The summed E-state index contributed by atoms with van der Waals surface area (Å²) in [6.45, 7) is 6.89. The maximum Gasteiger partial charge on any atom is 0.243 e. The molecule has 0 saturated carbocycles. The molecule has 168 valence electrons. The third-order valence-electron chi connectivity index (χ3n) is 6.18. The van der Waals surface area contributed by atoms with E-state index in [2.05, 4.69) is 44.3 Å². The third kappa shape index (κ3) is 5.28. The highest BCUT2D eigenvalue weighted by Gasteiger charge is 2.32. The monoisotopic (exact) mass is 444 g/mol. The summed E-state index contributed by atoms with van der Waals surface area (Å²) in [6.07, 6.45) is 1.84. The Morgan fingerprint density at radius 2 is 1.74 bits per heavy atom. The van der Waals surface area contributed by atoms with Crippen molar-refractivity contribution in [2.24, 2.45) is 5.92 Å². The minimum Gasteiger partial charge on any atom is -0.497 e. The number of nitrogens with zero attached hydrogens (tertiary/aromatic N) is 1. The molecular weight excluding hydrogens is 412 g/mol. The van der Waals surface area contributed by atoms with Crippen molar-refractivity contribution in [3.63, 3.8) is 0 Å². The molecule has 2 aromatic carbocycles. The molecule has 1 aliphatic rings. The Morgan fingerprint density at radius 3 is 2.29 bits per heavy atom. The Bertz CT molecular complexity index is 1010. The lowest BCUT2D eigenvalue weighted by Crippen LogP contribution is -2.43. The first kappa shape index (κ1) is 23.3. The SMILES string of the molecule is CCC(NC(=O)C1CCN(S(=O)(=O)c2ccc(OC)cc2)CC1)c1ccc(C)c(C)c1. The lowest BCUT2D eigenvalue weighted by Gasteiger charge is -2.31. The largest absolute Gasteiger partial charge is 0.497 e. The van der Waals surface area contributed by atoms with Gasteiger partial charge in [-0.1, -0.05) is 25.1 Å². The molecule has 1 amide bonds. The second kappa shape index (κ2) is 9.83. The standard InChI is InChI=1S/C24H32N2O4S/c1-5-23(20-7-6-17(2)18(3)16-20)25-24(27)19-12-14-26(15-13-19)31(28,29)22-10-8-21(30-4)9-11-22/h6-11,16,19,23H,5,12-15H2,1-4H3,(H,25,27). The fourth-order valence-corrected chi connectivity index (χ4v) is 5.42. The highest BCUT2D eigenvalue weighted by atomic mass is 32.2. The number of rotatable bonds is 7. The molecule has 6 nitrogen and oxygen atoms in total. The summed E-state index contributed by atoms with van der Waals surface area (Å²) in [7, 11) is -2.03. The summed E-state index contributed by atoms with van der Waals surface area (Å²) >= 11 is 0. The minimum atomic E-state index is -3.57. The Labute approximate surface area is 185 Å². The van der Waals surface area contributed by atoms with Gasteiger partial charge in [-0.2, -0.15) is 4.31 Å². The van der Waals surface area contributed by atoms with Crippen LogP contribution in [-0.2, 0) is 14.8 Å². The van der Waals surface area contributed by atoms with E-state index in [-0.39, 0.29) is 22.8 Å². The van der Waals surface area contributed by atoms with Gasteiger partial charge in [0.15, 0.2) is 0 Å². The summed E-state index contributed by atoms with van der Waals surface area (Å²) < 4.78 is 32.4. The maximum atomic E-state index is 12.9. The van der Waals surface area contributed by atoms with E-state index in [9.17, 15) is 13.2 Å². The zero-order chi connectivity index (χ0) is 22.6. The van der Waals surface area contributed by atoms with E-state index in [0.717, 1.165) is 12.0 Å². The molecule has 3 rings (SSSR count). The van der Waals surface area contributed by atoms with Gasteiger partial charge in [-0.15, -0.1) is 0 Å². The predicted octanol–water partition coefficient (Wildman–Crippen LogP) is 3.98. The molecule has 1 heterocycles. The van der Waals surface area contributed by atoms with E-state index in [0.29, 0.717) is 31.7 Å². The molecule has 0 aromatic heterocycles. The predicted molar refractivity (Wildman–Crippen MR) is 122 cm³/mol. The van der Waals surface area contributed by atoms with Gasteiger partial charge in [0, 0.05) is 19.0 Å². The van der Waals surface area contributed by atoms with E-state index in [1.807, 2.05) is 0 Å². The van der Waals surface area contributed by atoms with E-state index in [4.69, 9.17) is 4.74 Å². The molecule has 0 aliphatic carbocycles. The highest BCUT2D eigenvalue weighted by Crippen LogP contribution is 2.27. The van der Waals surface area contributed by atoms with Gasteiger partial charge in [-0.3, -0.25) is 4.79 Å². The number of methoxy groups -OCH3 is 1. The molecule has 1 unspecified atom stereocenters. The van der Waals surface area contributed by atoms with E-state index in [1.54, 1.807) is 31.4 Å². The number of hydrogen-bond donors (Lipinski definition) is 1. The number of ether oxygens (including phenoxy) is 1. The van der Waals surface area contributed by atoms with Crippen LogP contribution in [0.25, 0.3) is 0 Å². The molecule has 0 radical (unpaired) electrons. The molecule has 0 spiro atoms. The number of carbonyl (C=O) groups is 1. The molecule has 0 bridgehead atoms. The Balaban J connectivity index is 1.61. The average molecular weight is 445 g/mol. The van der Waals surface area contributed by atoms with Crippen LogP contribution >= 0.6 is 0 Å². The maximum absolute atomic E-state index is 12.9. The Morgan fingerprint density at radius 1 is 1.10 bits per heavy atom. The molecule has 1 N–H and O–H groups in total. The zero-order valence-electron chi connectivity index (χ0n) is 18.7. The van der Waals surface area contributed by atoms with Crippen molar-refractivity contribution < 1.29 is 17.9 Å². The molecule has 7 heteroatoms. The second-order valence-corrected chi connectivity index (χ2v) is 10.1. The van der Waals surface area contributed by atoms with Gasteiger partial charge in [0.25, 0.3) is 0 Å². The fourth-order valence-electron chi connectivity index (χ4n) is 3.95. The lowest BCUT2D eigenvalue weighted by molar-refractivity contribution is -0.126. The van der Waals surface area contributed by atoms with E-state index >= 15 is 0 Å². The first-order valence-corrected chi connectivity index (χ1v) is 12.2. The number of carbonyl (C=O) groups excluding carboxylic acids is 1. The van der Waals surface area contributed by atoms with Crippen LogP contribution in [0, 0.1) is 19.8 Å². The van der Waals surface area contributed by atoms with Crippen LogP contribution in [0.4, 0.5) is 0 Å². The van der Waals surface area contributed by atoms with Gasteiger partial charge in [0.05, 0.1) is 18.0 Å². The lowest BCUT2D eigenvalue weighted by atomic mass is 9.95. The van der Waals surface area contributed by atoms with Gasteiger partial charge < -0.3 is 10.1 Å². The molecule has 1 saturated heterocycles. The first-order valence-electron chi connectivity index (χ1n) is 10.8. The van der Waals surface area contributed by atoms with Crippen molar-refractivity contribution in [1.82, 2.24) is 9.62 Å². The average Bonchev–Trinajstić information content (AvgIpc) is 2.79. The summed E-state index contributed by atoms with van der Waals surface area (Å²) in [5.41, 5.74) is 3.55. The van der Waals surface area contributed by atoms with Gasteiger partial charge in [0.2, 0.25) is 15.9 Å². The van der Waals surface area contributed by atoms with Crippen LogP contribution in [-0.4, -0.2) is 38.8 Å². The van der Waals surface area contributed by atoms with Crippen LogP contribution in [0.15, 0.2) is 47.4 Å². The number of piperidine rings is 1. The molecular formula is C24H32N2O4S. The third-order valence-corrected chi connectivity index (χ3v) is 8.09. The van der Waals surface area contributed by atoms with Gasteiger partial charge in [0.1, 0.15) is 5.75 Å². The normalized spacial score (nSPS) is 16.6. The molecule has 1 fully saturated rings. The summed E-state index contributed by atoms with van der Waals surface area (Å²) in [5, 5.41) is 3.18. The van der Waals surface area contributed by atoms with Crippen molar-refractivity contribution in [2.45, 2.75) is 51.0 Å². The quantitative estimate of drug-likeness (QED) is 0.701. The zero-order valence-corrected chi connectivity index (χ0v) is 19.5. The number of sulfonamides is 1. The van der Waals surface area contributed by atoms with Crippen LogP contribution in [0.5, 0.6) is 5.75 Å². The van der Waals surface area contributed by atoms with Crippen molar-refractivity contribution >= 4 is 15.9 Å². The number of amides is 1. The number of hydrogen-bond acceptors (Lipinski definition) is 4. The topological polar surface area (TPSA) is 75.7 Å². The summed E-state index contributed by atoms with van der Waals surface area (Å²) in [4.78, 5) is 13.1. The number of aryl methyl sites for hydroxylation is 2. The Hall–Kier alpha value is -2.38. The molecule has 2 aromatic rings. The van der Waals surface area contributed by atoms with Gasteiger partial charge in [-0.05, 0) is 74.1 Å².